The van der Waals surface area contributed by atoms with Crippen molar-refractivity contribution in [2.45, 2.75) is 20.3 Å². The van der Waals surface area contributed by atoms with Gasteiger partial charge in [0.2, 0.25) is 0 Å². The average molecular weight is 276 g/mol. The van der Waals surface area contributed by atoms with Crippen LogP contribution < -0.4 is 0 Å². The highest BCUT2D eigenvalue weighted by Gasteiger charge is 2.27. The predicted molar refractivity (Wildman–Crippen MR) is 79.6 cm³/mol. The van der Waals surface area contributed by atoms with Crippen molar-refractivity contribution < 1.29 is 4.79 Å². The summed E-state index contributed by atoms with van der Waals surface area (Å²) in [5.74, 6) is 1.40. The van der Waals surface area contributed by atoms with Crippen molar-refractivity contribution in [3.8, 4) is 0 Å². The average Bonchev–Trinajstić information content (AvgIpc) is 2.91. The Hall–Kier alpha value is -1.29. The molecule has 0 aromatic carbocycles. The number of amides is 1. The second-order valence-corrected chi connectivity index (χ2v) is 6.86. The first kappa shape index (κ1) is 12.7. The third-order valence-corrected chi connectivity index (χ3v) is 4.89. The molecule has 19 heavy (non-hydrogen) atoms. The largest absolute Gasteiger partial charge is 0.339 e. The van der Waals surface area contributed by atoms with Crippen LogP contribution in [0.15, 0.2) is 17.5 Å². The van der Waals surface area contributed by atoms with Gasteiger partial charge in [-0.05, 0) is 35.8 Å². The number of carbonyl (C=O) groups excluding carboxylic acids is 1. The lowest BCUT2D eigenvalue weighted by Crippen LogP contribution is -2.43. The minimum atomic E-state index is 0.185. The van der Waals surface area contributed by atoms with Crippen LogP contribution >= 0.6 is 11.3 Å². The predicted octanol–water partition coefficient (Wildman–Crippen LogP) is 3.36. The number of rotatable bonds is 1. The molecule has 4 heteroatoms. The summed E-state index contributed by atoms with van der Waals surface area (Å²) < 4.78 is 3.22. The molecule has 0 aliphatic carbocycles. The molecule has 0 radical (unpaired) electrons. The molecule has 3 nitrogen and oxygen atoms in total. The zero-order valence-electron chi connectivity index (χ0n) is 11.7. The Bertz CT molecular complexity index is 603. The maximum absolute atomic E-state index is 12.7. The number of thiophene rings is 1. The van der Waals surface area contributed by atoms with Gasteiger partial charge in [0.15, 0.2) is 0 Å². The first-order valence-corrected chi connectivity index (χ1v) is 7.76. The molecule has 2 aromatic rings. The van der Waals surface area contributed by atoms with E-state index < -0.39 is 0 Å². The van der Waals surface area contributed by atoms with Crippen LogP contribution in [0.25, 0.3) is 10.2 Å². The molecule has 2 atom stereocenters. The van der Waals surface area contributed by atoms with Crippen molar-refractivity contribution in [1.82, 2.24) is 9.47 Å². The van der Waals surface area contributed by atoms with Gasteiger partial charge in [-0.1, -0.05) is 13.8 Å². The number of nitrogens with zero attached hydrogens (tertiary/aromatic N) is 2. The summed E-state index contributed by atoms with van der Waals surface area (Å²) in [6, 6.07) is 4.12. The Kier molecular flexibility index (Phi) is 3.13. The van der Waals surface area contributed by atoms with Gasteiger partial charge in [-0.3, -0.25) is 4.79 Å². The lowest BCUT2D eigenvalue weighted by molar-refractivity contribution is 0.0614. The van der Waals surface area contributed by atoms with E-state index in [2.05, 4.69) is 25.3 Å². The Labute approximate surface area is 117 Å². The van der Waals surface area contributed by atoms with Gasteiger partial charge in [-0.15, -0.1) is 11.3 Å². The van der Waals surface area contributed by atoms with E-state index in [9.17, 15) is 4.79 Å². The van der Waals surface area contributed by atoms with Gasteiger partial charge in [0.1, 0.15) is 5.69 Å². The molecule has 102 valence electrons. The van der Waals surface area contributed by atoms with Crippen LogP contribution in [0.1, 0.15) is 30.8 Å². The molecule has 1 aliphatic rings. The van der Waals surface area contributed by atoms with Crippen molar-refractivity contribution >= 4 is 27.5 Å². The number of aromatic nitrogens is 1. The van der Waals surface area contributed by atoms with Gasteiger partial charge in [0.25, 0.3) is 5.91 Å². The summed E-state index contributed by atoms with van der Waals surface area (Å²) >= 11 is 1.70. The zero-order valence-corrected chi connectivity index (χ0v) is 12.5. The normalized spacial score (nSPS) is 24.1. The molecular formula is C15H20N2OS. The van der Waals surface area contributed by atoms with Crippen LogP contribution in [0.3, 0.4) is 0 Å². The SMILES string of the molecule is CC1CC(C)CN(C(=O)c2cc3sccc3n2C)C1. The number of hydrogen-bond donors (Lipinski definition) is 0. The number of fused-ring (bicyclic) bond motifs is 1. The van der Waals surface area contributed by atoms with Crippen molar-refractivity contribution in [2.75, 3.05) is 13.1 Å². The first-order chi connectivity index (χ1) is 9.06. The van der Waals surface area contributed by atoms with Crippen molar-refractivity contribution in [2.24, 2.45) is 18.9 Å². The summed E-state index contributed by atoms with van der Waals surface area (Å²) in [5, 5.41) is 2.07. The zero-order chi connectivity index (χ0) is 13.6. The monoisotopic (exact) mass is 276 g/mol. The molecule has 2 aromatic heterocycles. The summed E-state index contributed by atoms with van der Waals surface area (Å²) in [7, 11) is 1.99. The molecular weight excluding hydrogens is 256 g/mol. The quantitative estimate of drug-likeness (QED) is 0.784. The molecule has 2 unspecified atom stereocenters. The maximum Gasteiger partial charge on any atom is 0.270 e. The summed E-state index contributed by atoms with van der Waals surface area (Å²) in [4.78, 5) is 14.7. The minimum Gasteiger partial charge on any atom is -0.339 e. The fourth-order valence-corrected chi connectivity index (χ4v) is 4.10. The second kappa shape index (κ2) is 4.67. The number of aryl methyl sites for hydroxylation is 1. The summed E-state index contributed by atoms with van der Waals surface area (Å²) in [6.45, 7) is 6.25. The van der Waals surface area contributed by atoms with Crippen LogP contribution in [0.5, 0.6) is 0 Å². The highest BCUT2D eigenvalue weighted by Crippen LogP contribution is 2.27. The number of carbonyl (C=O) groups is 1. The molecule has 1 saturated heterocycles. The summed E-state index contributed by atoms with van der Waals surface area (Å²) in [6.07, 6.45) is 1.23. The molecule has 0 bridgehead atoms. The standard InChI is InChI=1S/C15H20N2OS/c1-10-6-11(2)9-17(8-10)15(18)13-7-14-12(16(13)3)4-5-19-14/h4-5,7,10-11H,6,8-9H2,1-3H3. The number of likely N-dealkylation sites (tertiary alicyclic amines) is 1. The van der Waals surface area contributed by atoms with E-state index >= 15 is 0 Å². The Morgan fingerprint density at radius 1 is 1.32 bits per heavy atom. The van der Waals surface area contributed by atoms with Crippen LogP contribution in [0.2, 0.25) is 0 Å². The maximum atomic E-state index is 12.7. The van der Waals surface area contributed by atoms with Crippen LogP contribution in [-0.4, -0.2) is 28.5 Å². The van der Waals surface area contributed by atoms with Gasteiger partial charge < -0.3 is 9.47 Å². The van der Waals surface area contributed by atoms with Crippen molar-refractivity contribution in [3.05, 3.63) is 23.2 Å². The lowest BCUT2D eigenvalue weighted by Gasteiger charge is -2.35. The fraction of sp³-hybridized carbons (Fsp3) is 0.533. The molecule has 0 spiro atoms. The van der Waals surface area contributed by atoms with Crippen LogP contribution in [0, 0.1) is 11.8 Å². The summed E-state index contributed by atoms with van der Waals surface area (Å²) in [5.41, 5.74) is 1.98. The third kappa shape index (κ3) is 2.18. The van der Waals surface area contributed by atoms with E-state index in [0.717, 1.165) is 24.3 Å². The van der Waals surface area contributed by atoms with Crippen molar-refractivity contribution in [3.63, 3.8) is 0 Å². The van der Waals surface area contributed by atoms with E-state index in [1.54, 1.807) is 11.3 Å². The van der Waals surface area contributed by atoms with Gasteiger partial charge in [-0.2, -0.15) is 0 Å². The van der Waals surface area contributed by atoms with E-state index in [1.807, 2.05) is 22.6 Å². The molecule has 1 aliphatic heterocycles. The highest BCUT2D eigenvalue weighted by atomic mass is 32.1. The Morgan fingerprint density at radius 2 is 2.00 bits per heavy atom. The van der Waals surface area contributed by atoms with Gasteiger partial charge in [-0.25, -0.2) is 0 Å². The molecule has 0 saturated carbocycles. The molecule has 3 rings (SSSR count). The Morgan fingerprint density at radius 3 is 2.63 bits per heavy atom. The van der Waals surface area contributed by atoms with E-state index in [0.29, 0.717) is 11.8 Å². The van der Waals surface area contributed by atoms with Crippen LogP contribution in [0.4, 0.5) is 0 Å². The molecule has 1 amide bonds. The van der Waals surface area contributed by atoms with E-state index in [4.69, 9.17) is 0 Å². The Balaban J connectivity index is 1.90. The number of hydrogen-bond acceptors (Lipinski definition) is 2. The molecule has 1 fully saturated rings. The van der Waals surface area contributed by atoms with Gasteiger partial charge >= 0.3 is 0 Å². The lowest BCUT2D eigenvalue weighted by atomic mass is 9.92. The fourth-order valence-electron chi connectivity index (χ4n) is 3.25. The molecule has 0 N–H and O–H groups in total. The van der Waals surface area contributed by atoms with Crippen LogP contribution in [-0.2, 0) is 7.05 Å². The topological polar surface area (TPSA) is 25.2 Å². The minimum absolute atomic E-state index is 0.185. The number of piperidine rings is 1. The van der Waals surface area contributed by atoms with E-state index in [-0.39, 0.29) is 5.91 Å². The smallest absolute Gasteiger partial charge is 0.270 e. The van der Waals surface area contributed by atoms with Gasteiger partial charge in [0.05, 0.1) is 10.2 Å². The molecule has 3 heterocycles. The highest BCUT2D eigenvalue weighted by molar-refractivity contribution is 7.17. The first-order valence-electron chi connectivity index (χ1n) is 6.88. The second-order valence-electron chi connectivity index (χ2n) is 5.91. The van der Waals surface area contributed by atoms with E-state index in [1.165, 1.54) is 11.1 Å². The third-order valence-electron chi connectivity index (χ3n) is 4.04. The van der Waals surface area contributed by atoms with Crippen molar-refractivity contribution in [1.29, 1.82) is 0 Å². The van der Waals surface area contributed by atoms with Gasteiger partial charge in [0, 0.05) is 20.1 Å².